The van der Waals surface area contributed by atoms with Gasteiger partial charge in [0, 0.05) is 12.6 Å². The molecule has 6 heteroatoms. The van der Waals surface area contributed by atoms with Crippen LogP contribution in [0.2, 0.25) is 5.15 Å². The highest BCUT2D eigenvalue weighted by molar-refractivity contribution is 7.19. The molecule has 0 N–H and O–H groups in total. The maximum absolute atomic E-state index is 6.29. The van der Waals surface area contributed by atoms with E-state index in [9.17, 15) is 0 Å². The zero-order valence-corrected chi connectivity index (χ0v) is 16.4. The minimum absolute atomic E-state index is 0.429. The van der Waals surface area contributed by atoms with Crippen molar-refractivity contribution in [3.63, 3.8) is 0 Å². The van der Waals surface area contributed by atoms with Crippen molar-refractivity contribution in [2.75, 3.05) is 0 Å². The van der Waals surface area contributed by atoms with Crippen LogP contribution in [0.5, 0.6) is 0 Å². The lowest BCUT2D eigenvalue weighted by molar-refractivity contribution is 0.949. The molecule has 4 nitrogen and oxygen atoms in total. The molecule has 0 spiro atoms. The van der Waals surface area contributed by atoms with Crippen molar-refractivity contribution in [2.45, 2.75) is 33.6 Å². The number of imidazole rings is 1. The first-order chi connectivity index (χ1) is 12.1. The van der Waals surface area contributed by atoms with Crippen molar-refractivity contribution in [3.05, 3.63) is 46.4 Å². The van der Waals surface area contributed by atoms with Crippen molar-refractivity contribution in [1.29, 1.82) is 0 Å². The Labute approximate surface area is 156 Å². The quantitative estimate of drug-likeness (QED) is 0.316. The van der Waals surface area contributed by atoms with Gasteiger partial charge < -0.3 is 4.57 Å². The molecular formula is C19H21ClN4S. The molecular weight excluding hydrogens is 352 g/mol. The molecule has 0 bridgehead atoms. The molecule has 0 aromatic carbocycles. The summed E-state index contributed by atoms with van der Waals surface area (Å²) in [5.74, 6) is 0. The van der Waals surface area contributed by atoms with E-state index >= 15 is 0 Å². The zero-order valence-electron chi connectivity index (χ0n) is 14.9. The van der Waals surface area contributed by atoms with Crippen molar-refractivity contribution < 1.29 is 0 Å². The van der Waals surface area contributed by atoms with Gasteiger partial charge in [-0.25, -0.2) is 15.0 Å². The summed E-state index contributed by atoms with van der Waals surface area (Å²) in [5, 5.41) is 1.39. The van der Waals surface area contributed by atoms with Crippen molar-refractivity contribution in [2.24, 2.45) is 7.05 Å². The van der Waals surface area contributed by atoms with Gasteiger partial charge in [0.25, 0.3) is 0 Å². The van der Waals surface area contributed by atoms with E-state index in [2.05, 4.69) is 41.2 Å². The average molecular weight is 373 g/mol. The second kappa shape index (κ2) is 7.50. The first kappa shape index (κ1) is 17.8. The molecule has 3 aromatic heterocycles. The summed E-state index contributed by atoms with van der Waals surface area (Å²) in [4.78, 5) is 14.5. The molecule has 3 heterocycles. The SMILES string of the molecule is C/C=C/C/C(=C/C(=C\C)c1nc2c(nc(Cl)c3ncn(C)c32)s1)CC. The lowest BCUT2D eigenvalue weighted by Gasteiger charge is -2.03. The molecule has 130 valence electrons. The minimum atomic E-state index is 0.429. The van der Waals surface area contributed by atoms with Crippen LogP contribution in [-0.4, -0.2) is 19.5 Å². The van der Waals surface area contributed by atoms with E-state index in [4.69, 9.17) is 16.6 Å². The highest BCUT2D eigenvalue weighted by Crippen LogP contribution is 2.34. The van der Waals surface area contributed by atoms with Crippen LogP contribution in [0.15, 0.2) is 36.2 Å². The highest BCUT2D eigenvalue weighted by Gasteiger charge is 2.16. The topological polar surface area (TPSA) is 43.6 Å². The molecule has 3 rings (SSSR count). The molecule has 0 unspecified atom stereocenters. The fraction of sp³-hybridized carbons (Fsp3) is 0.316. The highest BCUT2D eigenvalue weighted by atomic mass is 35.5. The first-order valence-corrected chi connectivity index (χ1v) is 9.52. The minimum Gasteiger partial charge on any atom is -0.332 e. The number of rotatable bonds is 5. The third-order valence-corrected chi connectivity index (χ3v) is 5.42. The Kier molecular flexibility index (Phi) is 5.35. The third kappa shape index (κ3) is 3.39. The van der Waals surface area contributed by atoms with Gasteiger partial charge in [0.05, 0.1) is 6.33 Å². The van der Waals surface area contributed by atoms with Crippen molar-refractivity contribution in [3.8, 4) is 0 Å². The van der Waals surface area contributed by atoms with Crippen LogP contribution in [0, 0.1) is 0 Å². The summed E-state index contributed by atoms with van der Waals surface area (Å²) in [6.07, 6.45) is 12.3. The lowest BCUT2D eigenvalue weighted by Crippen LogP contribution is -1.88. The van der Waals surface area contributed by atoms with E-state index < -0.39 is 0 Å². The molecule has 0 atom stereocenters. The van der Waals surface area contributed by atoms with Gasteiger partial charge in [-0.3, -0.25) is 0 Å². The smallest absolute Gasteiger partial charge is 0.158 e. The molecule has 0 fully saturated rings. The van der Waals surface area contributed by atoms with Gasteiger partial charge >= 0.3 is 0 Å². The molecule has 0 amide bonds. The van der Waals surface area contributed by atoms with Crippen LogP contribution in [0.4, 0.5) is 0 Å². The van der Waals surface area contributed by atoms with E-state index in [1.54, 1.807) is 17.7 Å². The van der Waals surface area contributed by atoms with E-state index in [1.165, 1.54) is 5.57 Å². The number of fused-ring (bicyclic) bond motifs is 3. The summed E-state index contributed by atoms with van der Waals surface area (Å²) in [6.45, 7) is 6.27. The van der Waals surface area contributed by atoms with E-state index in [0.29, 0.717) is 10.7 Å². The predicted molar refractivity (Wildman–Crippen MR) is 108 cm³/mol. The van der Waals surface area contributed by atoms with Gasteiger partial charge in [-0.15, -0.1) is 0 Å². The molecule has 0 saturated heterocycles. The number of aryl methyl sites for hydroxylation is 1. The molecule has 25 heavy (non-hydrogen) atoms. The fourth-order valence-electron chi connectivity index (χ4n) is 2.73. The Bertz CT molecular complexity index is 1010. The van der Waals surface area contributed by atoms with Crippen LogP contribution >= 0.6 is 22.9 Å². The van der Waals surface area contributed by atoms with Gasteiger partial charge in [-0.1, -0.05) is 59.7 Å². The first-order valence-electron chi connectivity index (χ1n) is 8.33. The third-order valence-electron chi connectivity index (χ3n) is 4.15. The Morgan fingerprint density at radius 1 is 1.28 bits per heavy atom. The van der Waals surface area contributed by atoms with Gasteiger partial charge in [-0.05, 0) is 26.7 Å². The Morgan fingerprint density at radius 2 is 2.08 bits per heavy atom. The summed E-state index contributed by atoms with van der Waals surface area (Å²) in [7, 11) is 1.95. The van der Waals surface area contributed by atoms with Crippen LogP contribution in [-0.2, 0) is 7.05 Å². The molecule has 3 aromatic rings. The number of allylic oxidation sites excluding steroid dienone is 6. The number of hydrogen-bond donors (Lipinski definition) is 0. The van der Waals surface area contributed by atoms with Gasteiger partial charge in [0.15, 0.2) is 5.15 Å². The monoisotopic (exact) mass is 372 g/mol. The number of aromatic nitrogens is 4. The standard InChI is InChI=1S/C19H21ClN4S/c1-5-8-9-12(6-2)10-13(7-3)18-22-15-16-14(21-11-24(16)4)17(20)23-19(15)25-18/h5,7-8,10-11H,6,9H2,1-4H3/b8-5+,12-10+,13-7+. The fourth-order valence-corrected chi connectivity index (χ4v) is 3.99. The van der Waals surface area contributed by atoms with E-state index in [1.807, 2.05) is 25.5 Å². The number of thiazole rings is 1. The van der Waals surface area contributed by atoms with Gasteiger partial charge in [-0.2, -0.15) is 0 Å². The maximum Gasteiger partial charge on any atom is 0.158 e. The average Bonchev–Trinajstić information content (AvgIpc) is 3.19. The number of hydrogen-bond acceptors (Lipinski definition) is 4. The second-order valence-corrected chi connectivity index (χ2v) is 7.14. The normalized spacial score (nSPS) is 13.6. The summed E-state index contributed by atoms with van der Waals surface area (Å²) in [5.41, 5.74) is 4.99. The van der Waals surface area contributed by atoms with Crippen molar-refractivity contribution in [1.82, 2.24) is 19.5 Å². The van der Waals surface area contributed by atoms with Crippen LogP contribution in [0.3, 0.4) is 0 Å². The Hall–Kier alpha value is -1.98. The predicted octanol–water partition coefficient (Wildman–Crippen LogP) is 5.94. The number of nitrogens with zero attached hydrogens (tertiary/aromatic N) is 4. The molecule has 0 aliphatic carbocycles. The Morgan fingerprint density at radius 3 is 2.76 bits per heavy atom. The number of pyridine rings is 1. The second-order valence-electron chi connectivity index (χ2n) is 5.80. The lowest BCUT2D eigenvalue weighted by atomic mass is 10.1. The summed E-state index contributed by atoms with van der Waals surface area (Å²) in [6, 6.07) is 0. The largest absolute Gasteiger partial charge is 0.332 e. The summed E-state index contributed by atoms with van der Waals surface area (Å²) >= 11 is 7.86. The molecule has 0 aliphatic heterocycles. The summed E-state index contributed by atoms with van der Waals surface area (Å²) < 4.78 is 1.95. The number of halogens is 1. The van der Waals surface area contributed by atoms with Gasteiger partial charge in [0.2, 0.25) is 0 Å². The van der Waals surface area contributed by atoms with Crippen molar-refractivity contribution >= 4 is 49.9 Å². The molecule has 0 radical (unpaired) electrons. The van der Waals surface area contributed by atoms with E-state index in [0.717, 1.165) is 39.3 Å². The van der Waals surface area contributed by atoms with Gasteiger partial charge in [0.1, 0.15) is 26.4 Å². The maximum atomic E-state index is 6.29. The van der Waals surface area contributed by atoms with Crippen LogP contribution < -0.4 is 0 Å². The molecule has 0 aliphatic rings. The van der Waals surface area contributed by atoms with E-state index in [-0.39, 0.29) is 0 Å². The van der Waals surface area contributed by atoms with Crippen LogP contribution in [0.25, 0.3) is 27.0 Å². The molecule has 0 saturated carbocycles. The zero-order chi connectivity index (χ0) is 18.0. The van der Waals surface area contributed by atoms with Crippen LogP contribution in [0.1, 0.15) is 38.6 Å². The Balaban J connectivity index is 2.13.